The van der Waals surface area contributed by atoms with Crippen LogP contribution in [0.25, 0.3) is 0 Å². The number of pyridine rings is 1. The van der Waals surface area contributed by atoms with Crippen molar-refractivity contribution >= 4 is 5.91 Å². The van der Waals surface area contributed by atoms with E-state index in [2.05, 4.69) is 15.0 Å². The molecule has 1 amide bonds. The summed E-state index contributed by atoms with van der Waals surface area (Å²) in [5, 5.41) is 0. The largest absolute Gasteiger partial charge is 0.346 e. The lowest BCUT2D eigenvalue weighted by molar-refractivity contribution is 0.0789. The number of imidazole rings is 1. The Balaban J connectivity index is 1.76. The highest BCUT2D eigenvalue weighted by atomic mass is 16.2. The fourth-order valence-corrected chi connectivity index (χ4v) is 2.72. The number of H-pyrrole nitrogens is 2. The van der Waals surface area contributed by atoms with E-state index in [1.165, 1.54) is 0 Å². The maximum Gasteiger partial charge on any atom is 0.260 e. The Bertz CT molecular complexity index is 731. The van der Waals surface area contributed by atoms with Gasteiger partial charge in [0.1, 0.15) is 11.4 Å². The van der Waals surface area contributed by atoms with E-state index in [4.69, 9.17) is 0 Å². The third kappa shape index (κ3) is 2.61. The first kappa shape index (κ1) is 13.6. The molecule has 1 atom stereocenters. The fourth-order valence-electron chi connectivity index (χ4n) is 2.72. The van der Waals surface area contributed by atoms with E-state index in [0.29, 0.717) is 13.1 Å². The number of hydrogen-bond donors (Lipinski definition) is 2. The SMILES string of the molecule is Cc1cnc([C@H]2CCN(C(=O)c3ccc(C)[nH]c3=O)C2)[nH]1. The molecule has 0 aliphatic carbocycles. The zero-order valence-corrected chi connectivity index (χ0v) is 12.1. The predicted molar refractivity (Wildman–Crippen MR) is 78.4 cm³/mol. The number of aryl methyl sites for hydroxylation is 2. The van der Waals surface area contributed by atoms with Crippen LogP contribution in [0.5, 0.6) is 0 Å². The molecular formula is C15H18N4O2. The van der Waals surface area contributed by atoms with Crippen LogP contribution in [0.3, 0.4) is 0 Å². The Morgan fingerprint density at radius 1 is 1.29 bits per heavy atom. The first-order valence-corrected chi connectivity index (χ1v) is 7.05. The van der Waals surface area contributed by atoms with Crippen molar-refractivity contribution in [2.75, 3.05) is 13.1 Å². The third-order valence-electron chi connectivity index (χ3n) is 3.87. The van der Waals surface area contributed by atoms with E-state index >= 15 is 0 Å². The molecule has 1 saturated heterocycles. The van der Waals surface area contributed by atoms with Gasteiger partial charge in [0.05, 0.1) is 0 Å². The average molecular weight is 286 g/mol. The van der Waals surface area contributed by atoms with Crippen molar-refractivity contribution in [1.29, 1.82) is 0 Å². The lowest BCUT2D eigenvalue weighted by atomic mass is 10.1. The molecule has 2 aromatic heterocycles. The van der Waals surface area contributed by atoms with Crippen LogP contribution < -0.4 is 5.56 Å². The molecule has 3 rings (SSSR count). The van der Waals surface area contributed by atoms with Gasteiger partial charge in [-0.2, -0.15) is 0 Å². The topological polar surface area (TPSA) is 81.8 Å². The van der Waals surface area contributed by atoms with Crippen molar-refractivity contribution in [1.82, 2.24) is 19.9 Å². The summed E-state index contributed by atoms with van der Waals surface area (Å²) >= 11 is 0. The molecular weight excluding hydrogens is 268 g/mol. The molecule has 1 fully saturated rings. The van der Waals surface area contributed by atoms with Gasteiger partial charge in [0, 0.05) is 36.6 Å². The number of likely N-dealkylation sites (tertiary alicyclic amines) is 1. The number of carbonyl (C=O) groups is 1. The standard InChI is InChI=1S/C15H18N4O2/c1-9-3-4-12(14(20)18-9)15(21)19-6-5-11(8-19)13-16-7-10(2)17-13/h3-4,7,11H,5-6,8H2,1-2H3,(H,16,17)(H,18,20)/t11-/m0/s1. The first-order valence-electron chi connectivity index (χ1n) is 7.05. The van der Waals surface area contributed by atoms with Gasteiger partial charge in [0.15, 0.2) is 0 Å². The van der Waals surface area contributed by atoms with Gasteiger partial charge in [0.2, 0.25) is 0 Å². The smallest absolute Gasteiger partial charge is 0.260 e. The Morgan fingerprint density at radius 2 is 2.10 bits per heavy atom. The number of amides is 1. The molecule has 21 heavy (non-hydrogen) atoms. The van der Waals surface area contributed by atoms with E-state index in [9.17, 15) is 9.59 Å². The molecule has 0 unspecified atom stereocenters. The number of rotatable bonds is 2. The van der Waals surface area contributed by atoms with E-state index in [-0.39, 0.29) is 22.9 Å². The van der Waals surface area contributed by atoms with Crippen molar-refractivity contribution < 1.29 is 4.79 Å². The van der Waals surface area contributed by atoms with Gasteiger partial charge in [0.25, 0.3) is 11.5 Å². The van der Waals surface area contributed by atoms with Crippen LogP contribution >= 0.6 is 0 Å². The number of carbonyl (C=O) groups excluding carboxylic acids is 1. The summed E-state index contributed by atoms with van der Waals surface area (Å²) < 4.78 is 0. The van der Waals surface area contributed by atoms with Crippen LogP contribution in [-0.4, -0.2) is 38.8 Å². The summed E-state index contributed by atoms with van der Waals surface area (Å²) in [5.74, 6) is 0.926. The molecule has 110 valence electrons. The molecule has 2 N–H and O–H groups in total. The quantitative estimate of drug-likeness (QED) is 0.874. The molecule has 1 aliphatic heterocycles. The highest BCUT2D eigenvalue weighted by Crippen LogP contribution is 2.25. The Labute approximate surface area is 122 Å². The minimum Gasteiger partial charge on any atom is -0.346 e. The van der Waals surface area contributed by atoms with E-state index in [1.54, 1.807) is 30.2 Å². The average Bonchev–Trinajstić information content (AvgIpc) is 3.06. The van der Waals surface area contributed by atoms with Gasteiger partial charge >= 0.3 is 0 Å². The van der Waals surface area contributed by atoms with Crippen LogP contribution in [0, 0.1) is 13.8 Å². The van der Waals surface area contributed by atoms with Gasteiger partial charge in [-0.05, 0) is 32.4 Å². The number of nitrogens with one attached hydrogen (secondary N) is 2. The zero-order valence-electron chi connectivity index (χ0n) is 12.1. The van der Waals surface area contributed by atoms with E-state index < -0.39 is 0 Å². The second kappa shape index (κ2) is 5.20. The van der Waals surface area contributed by atoms with Crippen LogP contribution in [0.1, 0.15) is 39.9 Å². The highest BCUT2D eigenvalue weighted by molar-refractivity contribution is 5.94. The zero-order chi connectivity index (χ0) is 15.0. The lowest BCUT2D eigenvalue weighted by Gasteiger charge is -2.15. The Kier molecular flexibility index (Phi) is 3.37. The van der Waals surface area contributed by atoms with Gasteiger partial charge < -0.3 is 14.9 Å². The molecule has 1 aliphatic rings. The highest BCUT2D eigenvalue weighted by Gasteiger charge is 2.30. The van der Waals surface area contributed by atoms with Gasteiger partial charge in [-0.3, -0.25) is 9.59 Å². The van der Waals surface area contributed by atoms with Crippen molar-refractivity contribution in [2.24, 2.45) is 0 Å². The maximum absolute atomic E-state index is 12.4. The van der Waals surface area contributed by atoms with Crippen LogP contribution in [0.2, 0.25) is 0 Å². The Morgan fingerprint density at radius 3 is 2.76 bits per heavy atom. The van der Waals surface area contributed by atoms with E-state index in [0.717, 1.165) is 23.6 Å². The van der Waals surface area contributed by atoms with Gasteiger partial charge in [-0.15, -0.1) is 0 Å². The van der Waals surface area contributed by atoms with Crippen LogP contribution in [0.4, 0.5) is 0 Å². The van der Waals surface area contributed by atoms with Crippen molar-refractivity contribution in [3.05, 3.63) is 51.5 Å². The summed E-state index contributed by atoms with van der Waals surface area (Å²) in [5.41, 5.74) is 1.65. The molecule has 3 heterocycles. The summed E-state index contributed by atoms with van der Waals surface area (Å²) in [6, 6.07) is 3.35. The molecule has 2 aromatic rings. The van der Waals surface area contributed by atoms with Crippen LogP contribution in [-0.2, 0) is 0 Å². The molecule has 0 radical (unpaired) electrons. The monoisotopic (exact) mass is 286 g/mol. The van der Waals surface area contributed by atoms with Crippen molar-refractivity contribution in [2.45, 2.75) is 26.2 Å². The third-order valence-corrected chi connectivity index (χ3v) is 3.87. The summed E-state index contributed by atoms with van der Waals surface area (Å²) in [7, 11) is 0. The van der Waals surface area contributed by atoms with Crippen LogP contribution in [0.15, 0.2) is 23.1 Å². The molecule has 6 heteroatoms. The molecule has 0 saturated carbocycles. The lowest BCUT2D eigenvalue weighted by Crippen LogP contribution is -2.33. The predicted octanol–water partition coefficient (Wildman–Crippen LogP) is 1.34. The first-order chi connectivity index (χ1) is 10.0. The number of nitrogens with zero attached hydrogens (tertiary/aromatic N) is 2. The minimum atomic E-state index is -0.322. The summed E-state index contributed by atoms with van der Waals surface area (Å²) in [6.45, 7) is 5.00. The second-order valence-electron chi connectivity index (χ2n) is 5.57. The Hall–Kier alpha value is -2.37. The number of aromatic amines is 2. The molecule has 0 aromatic carbocycles. The number of hydrogen-bond acceptors (Lipinski definition) is 3. The second-order valence-corrected chi connectivity index (χ2v) is 5.57. The van der Waals surface area contributed by atoms with Crippen molar-refractivity contribution in [3.63, 3.8) is 0 Å². The van der Waals surface area contributed by atoms with E-state index in [1.807, 2.05) is 6.92 Å². The van der Waals surface area contributed by atoms with Gasteiger partial charge in [-0.1, -0.05) is 0 Å². The number of aromatic nitrogens is 3. The molecule has 0 bridgehead atoms. The summed E-state index contributed by atoms with van der Waals surface area (Å²) in [6.07, 6.45) is 2.66. The van der Waals surface area contributed by atoms with Crippen molar-refractivity contribution in [3.8, 4) is 0 Å². The normalized spacial score (nSPS) is 18.2. The minimum absolute atomic E-state index is 0.205. The fraction of sp³-hybridized carbons (Fsp3) is 0.400. The molecule has 6 nitrogen and oxygen atoms in total. The summed E-state index contributed by atoms with van der Waals surface area (Å²) in [4.78, 5) is 36.3. The maximum atomic E-state index is 12.4. The molecule has 0 spiro atoms. The van der Waals surface area contributed by atoms with Gasteiger partial charge in [-0.25, -0.2) is 4.98 Å².